The molecule has 2 rings (SSSR count). The fraction of sp³-hybridized carbons (Fsp3) is 0.350. The van der Waals surface area contributed by atoms with Crippen LogP contribution in [-0.2, 0) is 11.2 Å². The van der Waals surface area contributed by atoms with Crippen LogP contribution in [0.2, 0.25) is 0 Å². The number of hydrogen-bond acceptors (Lipinski definition) is 4. The zero-order valence-electron chi connectivity index (χ0n) is 15.0. The lowest BCUT2D eigenvalue weighted by atomic mass is 10.1. The lowest BCUT2D eigenvalue weighted by Gasteiger charge is -2.15. The summed E-state index contributed by atoms with van der Waals surface area (Å²) in [4.78, 5) is 12.1. The molecular formula is C20H25NO4. The van der Waals surface area contributed by atoms with Crippen LogP contribution in [0.3, 0.4) is 0 Å². The van der Waals surface area contributed by atoms with Crippen molar-refractivity contribution in [2.75, 3.05) is 20.8 Å². The predicted octanol–water partition coefficient (Wildman–Crippen LogP) is 3.22. The molecule has 2 aromatic carbocycles. The Labute approximate surface area is 148 Å². The van der Waals surface area contributed by atoms with Gasteiger partial charge in [-0.15, -0.1) is 0 Å². The minimum atomic E-state index is -0.562. The van der Waals surface area contributed by atoms with Gasteiger partial charge in [0, 0.05) is 12.6 Å². The van der Waals surface area contributed by atoms with Crippen LogP contribution in [0.5, 0.6) is 17.2 Å². The molecule has 0 aliphatic heterocycles. The molecule has 5 heteroatoms. The highest BCUT2D eigenvalue weighted by atomic mass is 16.5. The zero-order valence-corrected chi connectivity index (χ0v) is 15.0. The Morgan fingerprint density at radius 2 is 1.68 bits per heavy atom. The number of hydrogen-bond donors (Lipinski definition) is 1. The number of methoxy groups -OCH3 is 2. The standard InChI is InChI=1S/C20H25NO4/c1-15(25-19-8-4-7-18(14-19)24-3)20(22)21-13-5-6-16-9-11-17(23-2)12-10-16/h4,7-12,14-15H,5-6,13H2,1-3H3,(H,21,22). The molecule has 1 N–H and O–H groups in total. The molecule has 0 saturated heterocycles. The Kier molecular flexibility index (Phi) is 7.14. The van der Waals surface area contributed by atoms with E-state index in [0.29, 0.717) is 18.0 Å². The van der Waals surface area contributed by atoms with Crippen LogP contribution < -0.4 is 19.5 Å². The summed E-state index contributed by atoms with van der Waals surface area (Å²) in [6.07, 6.45) is 1.20. The van der Waals surface area contributed by atoms with Crippen LogP contribution in [0.1, 0.15) is 18.9 Å². The molecule has 5 nitrogen and oxygen atoms in total. The van der Waals surface area contributed by atoms with Crippen LogP contribution in [0.4, 0.5) is 0 Å². The van der Waals surface area contributed by atoms with Gasteiger partial charge in [-0.25, -0.2) is 0 Å². The summed E-state index contributed by atoms with van der Waals surface area (Å²) in [5, 5.41) is 2.90. The summed E-state index contributed by atoms with van der Waals surface area (Å²) in [6.45, 7) is 2.34. The van der Waals surface area contributed by atoms with Gasteiger partial charge in [0.15, 0.2) is 6.10 Å². The summed E-state index contributed by atoms with van der Waals surface area (Å²) in [5.74, 6) is 2.03. The number of ether oxygens (including phenoxy) is 3. The van der Waals surface area contributed by atoms with Crippen LogP contribution in [0.15, 0.2) is 48.5 Å². The van der Waals surface area contributed by atoms with Crippen molar-refractivity contribution in [2.24, 2.45) is 0 Å². The van der Waals surface area contributed by atoms with Crippen LogP contribution in [0, 0.1) is 0 Å². The lowest BCUT2D eigenvalue weighted by Crippen LogP contribution is -2.36. The highest BCUT2D eigenvalue weighted by Crippen LogP contribution is 2.20. The van der Waals surface area contributed by atoms with Crippen LogP contribution in [-0.4, -0.2) is 32.8 Å². The molecule has 0 saturated carbocycles. The molecule has 25 heavy (non-hydrogen) atoms. The molecule has 0 aromatic heterocycles. The van der Waals surface area contributed by atoms with Crippen molar-refractivity contribution in [2.45, 2.75) is 25.9 Å². The molecule has 0 fully saturated rings. The Hall–Kier alpha value is -2.69. The summed E-state index contributed by atoms with van der Waals surface area (Å²) < 4.78 is 15.9. The van der Waals surface area contributed by atoms with Gasteiger partial charge in [0.05, 0.1) is 14.2 Å². The topological polar surface area (TPSA) is 56.8 Å². The van der Waals surface area contributed by atoms with Gasteiger partial charge in [-0.1, -0.05) is 18.2 Å². The van der Waals surface area contributed by atoms with Crippen molar-refractivity contribution in [3.8, 4) is 17.2 Å². The second-order valence-corrected chi connectivity index (χ2v) is 5.68. The van der Waals surface area contributed by atoms with E-state index in [4.69, 9.17) is 14.2 Å². The second-order valence-electron chi connectivity index (χ2n) is 5.68. The first-order valence-electron chi connectivity index (χ1n) is 8.33. The minimum absolute atomic E-state index is 0.127. The molecule has 1 atom stereocenters. The van der Waals surface area contributed by atoms with Crippen molar-refractivity contribution in [3.05, 3.63) is 54.1 Å². The number of aryl methyl sites for hydroxylation is 1. The molecule has 0 bridgehead atoms. The van der Waals surface area contributed by atoms with Gasteiger partial charge in [0.2, 0.25) is 0 Å². The maximum atomic E-state index is 12.1. The molecule has 0 aliphatic carbocycles. The van der Waals surface area contributed by atoms with E-state index in [-0.39, 0.29) is 5.91 Å². The molecular weight excluding hydrogens is 318 g/mol. The number of amides is 1. The van der Waals surface area contributed by atoms with E-state index in [0.717, 1.165) is 18.6 Å². The summed E-state index contributed by atoms with van der Waals surface area (Å²) in [5.41, 5.74) is 1.22. The van der Waals surface area contributed by atoms with Gasteiger partial charge in [-0.3, -0.25) is 4.79 Å². The summed E-state index contributed by atoms with van der Waals surface area (Å²) in [7, 11) is 3.25. The van der Waals surface area contributed by atoms with E-state index in [1.807, 2.05) is 36.4 Å². The number of benzene rings is 2. The number of nitrogens with one attached hydrogen (secondary N) is 1. The van der Waals surface area contributed by atoms with Crippen molar-refractivity contribution in [1.29, 1.82) is 0 Å². The van der Waals surface area contributed by atoms with Crippen molar-refractivity contribution in [1.82, 2.24) is 5.32 Å². The van der Waals surface area contributed by atoms with Gasteiger partial charge >= 0.3 is 0 Å². The van der Waals surface area contributed by atoms with Crippen LogP contribution in [0.25, 0.3) is 0 Å². The lowest BCUT2D eigenvalue weighted by molar-refractivity contribution is -0.127. The number of carbonyl (C=O) groups excluding carboxylic acids is 1. The molecule has 0 spiro atoms. The minimum Gasteiger partial charge on any atom is -0.497 e. The Morgan fingerprint density at radius 1 is 1.00 bits per heavy atom. The largest absolute Gasteiger partial charge is 0.497 e. The molecule has 0 aliphatic rings. The highest BCUT2D eigenvalue weighted by molar-refractivity contribution is 5.80. The smallest absolute Gasteiger partial charge is 0.260 e. The first kappa shape index (κ1) is 18.6. The maximum Gasteiger partial charge on any atom is 0.260 e. The fourth-order valence-electron chi connectivity index (χ4n) is 2.37. The number of rotatable bonds is 9. The fourth-order valence-corrected chi connectivity index (χ4v) is 2.37. The maximum absolute atomic E-state index is 12.1. The first-order valence-corrected chi connectivity index (χ1v) is 8.33. The van der Waals surface area contributed by atoms with E-state index in [9.17, 15) is 4.79 Å². The summed E-state index contributed by atoms with van der Waals surface area (Å²) >= 11 is 0. The Balaban J connectivity index is 1.71. The first-order chi connectivity index (χ1) is 12.1. The molecule has 0 heterocycles. The summed E-state index contributed by atoms with van der Waals surface area (Å²) in [6, 6.07) is 15.2. The van der Waals surface area contributed by atoms with Crippen LogP contribution >= 0.6 is 0 Å². The Bertz CT molecular complexity index is 670. The average Bonchev–Trinajstić information content (AvgIpc) is 2.65. The average molecular weight is 343 g/mol. The second kappa shape index (κ2) is 9.57. The highest BCUT2D eigenvalue weighted by Gasteiger charge is 2.14. The van der Waals surface area contributed by atoms with Crippen molar-refractivity contribution >= 4 is 5.91 Å². The van der Waals surface area contributed by atoms with E-state index in [1.165, 1.54) is 5.56 Å². The molecule has 0 radical (unpaired) electrons. The third-order valence-electron chi connectivity index (χ3n) is 3.82. The van der Waals surface area contributed by atoms with Crippen molar-refractivity contribution < 1.29 is 19.0 Å². The zero-order chi connectivity index (χ0) is 18.1. The van der Waals surface area contributed by atoms with E-state index < -0.39 is 6.10 Å². The van der Waals surface area contributed by atoms with Gasteiger partial charge in [-0.05, 0) is 49.6 Å². The van der Waals surface area contributed by atoms with E-state index in [1.54, 1.807) is 33.3 Å². The normalized spacial score (nSPS) is 11.5. The molecule has 1 amide bonds. The predicted molar refractivity (Wildman–Crippen MR) is 97.4 cm³/mol. The molecule has 1 unspecified atom stereocenters. The van der Waals surface area contributed by atoms with Gasteiger partial charge in [-0.2, -0.15) is 0 Å². The Morgan fingerprint density at radius 3 is 2.36 bits per heavy atom. The quantitative estimate of drug-likeness (QED) is 0.710. The monoisotopic (exact) mass is 343 g/mol. The third-order valence-corrected chi connectivity index (χ3v) is 3.82. The van der Waals surface area contributed by atoms with Gasteiger partial charge < -0.3 is 19.5 Å². The molecule has 134 valence electrons. The van der Waals surface area contributed by atoms with Crippen molar-refractivity contribution in [3.63, 3.8) is 0 Å². The SMILES string of the molecule is COc1ccc(CCCNC(=O)C(C)Oc2cccc(OC)c2)cc1. The third kappa shape index (κ3) is 6.03. The van der Waals surface area contributed by atoms with Gasteiger partial charge in [0.1, 0.15) is 17.2 Å². The van der Waals surface area contributed by atoms with Gasteiger partial charge in [0.25, 0.3) is 5.91 Å². The van der Waals surface area contributed by atoms with E-state index >= 15 is 0 Å². The number of carbonyl (C=O) groups is 1. The molecule has 2 aromatic rings. The van der Waals surface area contributed by atoms with E-state index in [2.05, 4.69) is 5.32 Å².